The number of amidine groups is 1. The number of aryl methyl sites for hydroxylation is 1. The molecule has 1 aliphatic carbocycles. The van der Waals surface area contributed by atoms with Crippen molar-refractivity contribution in [1.82, 2.24) is 4.98 Å². The Morgan fingerprint density at radius 3 is 2.86 bits per heavy atom. The van der Waals surface area contributed by atoms with Gasteiger partial charge in [0.2, 0.25) is 0 Å². The van der Waals surface area contributed by atoms with E-state index in [0.29, 0.717) is 0 Å². The Hall–Kier alpha value is -1.55. The van der Waals surface area contributed by atoms with E-state index in [1.54, 1.807) is 0 Å². The average molecular weight is 297 g/mol. The summed E-state index contributed by atoms with van der Waals surface area (Å²) in [4.78, 5) is 9.66. The zero-order chi connectivity index (χ0) is 14.3. The standard InChI is InChI=1S/C17H19N3S/c1-12-7-8-13-5-4-6-14(15(13)18-12)19-16-20-17(11-21-16)9-2-3-10-17/h4-8H,2-3,9-11H2,1H3,(H,19,20). The Balaban J connectivity index is 1.67. The Morgan fingerprint density at radius 1 is 1.14 bits per heavy atom. The predicted molar refractivity (Wildman–Crippen MR) is 91.2 cm³/mol. The molecule has 1 spiro atoms. The summed E-state index contributed by atoms with van der Waals surface area (Å²) in [6.45, 7) is 2.03. The van der Waals surface area contributed by atoms with Crippen LogP contribution >= 0.6 is 11.8 Å². The van der Waals surface area contributed by atoms with Gasteiger partial charge in [-0.3, -0.25) is 9.98 Å². The molecule has 3 nitrogen and oxygen atoms in total. The largest absolute Gasteiger partial charge is 0.333 e. The van der Waals surface area contributed by atoms with Gasteiger partial charge in [-0.1, -0.05) is 42.8 Å². The van der Waals surface area contributed by atoms with Crippen molar-refractivity contribution < 1.29 is 0 Å². The van der Waals surface area contributed by atoms with Gasteiger partial charge in [-0.15, -0.1) is 0 Å². The Bertz CT molecular complexity index is 717. The zero-order valence-corrected chi connectivity index (χ0v) is 13.0. The van der Waals surface area contributed by atoms with Crippen LogP contribution in [-0.2, 0) is 0 Å². The third-order valence-electron chi connectivity index (χ3n) is 4.45. The molecule has 2 heterocycles. The number of hydrogen-bond acceptors (Lipinski definition) is 4. The Labute approximate surface area is 129 Å². The number of thioether (sulfide) groups is 1. The van der Waals surface area contributed by atoms with Crippen molar-refractivity contribution >= 4 is 33.5 Å². The van der Waals surface area contributed by atoms with E-state index in [4.69, 9.17) is 4.99 Å². The molecular weight excluding hydrogens is 278 g/mol. The molecule has 0 amide bonds. The first-order valence-corrected chi connectivity index (χ1v) is 8.59. The maximum atomic E-state index is 4.98. The topological polar surface area (TPSA) is 37.3 Å². The molecule has 0 atom stereocenters. The number of benzene rings is 1. The summed E-state index contributed by atoms with van der Waals surface area (Å²) in [5.74, 6) is 1.13. The molecule has 2 aromatic rings. The smallest absolute Gasteiger partial charge is 0.161 e. The molecule has 0 bridgehead atoms. The van der Waals surface area contributed by atoms with Crippen LogP contribution in [0.5, 0.6) is 0 Å². The zero-order valence-electron chi connectivity index (χ0n) is 12.2. The van der Waals surface area contributed by atoms with Gasteiger partial charge < -0.3 is 5.32 Å². The first-order valence-electron chi connectivity index (χ1n) is 7.60. The van der Waals surface area contributed by atoms with Gasteiger partial charge >= 0.3 is 0 Å². The number of nitrogens with one attached hydrogen (secondary N) is 1. The molecule has 0 saturated heterocycles. The number of rotatable bonds is 1. The highest BCUT2D eigenvalue weighted by Crippen LogP contribution is 2.41. The second-order valence-corrected chi connectivity index (χ2v) is 7.06. The van der Waals surface area contributed by atoms with Gasteiger partial charge in [0.15, 0.2) is 5.17 Å². The van der Waals surface area contributed by atoms with Crippen molar-refractivity contribution in [3.05, 3.63) is 36.0 Å². The average Bonchev–Trinajstić information content (AvgIpc) is 3.10. The highest BCUT2D eigenvalue weighted by molar-refractivity contribution is 8.14. The van der Waals surface area contributed by atoms with Crippen LogP contribution in [0.15, 0.2) is 35.3 Å². The fourth-order valence-electron chi connectivity index (χ4n) is 3.30. The number of aliphatic imine (C=N–C) groups is 1. The van der Waals surface area contributed by atoms with E-state index in [1.807, 2.05) is 18.7 Å². The van der Waals surface area contributed by atoms with Crippen LogP contribution in [0.2, 0.25) is 0 Å². The highest BCUT2D eigenvalue weighted by atomic mass is 32.2. The van der Waals surface area contributed by atoms with Crippen LogP contribution in [0, 0.1) is 6.92 Å². The number of pyridine rings is 1. The van der Waals surface area contributed by atoms with Crippen LogP contribution in [0.1, 0.15) is 31.4 Å². The number of para-hydroxylation sites is 1. The van der Waals surface area contributed by atoms with Crippen molar-refractivity contribution in [1.29, 1.82) is 0 Å². The van der Waals surface area contributed by atoms with E-state index in [2.05, 4.69) is 40.6 Å². The molecule has 1 aromatic heterocycles. The van der Waals surface area contributed by atoms with E-state index in [9.17, 15) is 0 Å². The lowest BCUT2D eigenvalue weighted by Crippen LogP contribution is -2.21. The molecule has 4 rings (SSSR count). The van der Waals surface area contributed by atoms with Crippen molar-refractivity contribution in [2.24, 2.45) is 4.99 Å². The van der Waals surface area contributed by atoms with Gasteiger partial charge in [-0.05, 0) is 31.9 Å². The van der Waals surface area contributed by atoms with Crippen molar-refractivity contribution in [2.75, 3.05) is 11.1 Å². The summed E-state index contributed by atoms with van der Waals surface area (Å²) in [7, 11) is 0. The van der Waals surface area contributed by atoms with E-state index >= 15 is 0 Å². The van der Waals surface area contributed by atoms with Gasteiger partial charge in [0.05, 0.1) is 16.7 Å². The quantitative estimate of drug-likeness (QED) is 0.849. The summed E-state index contributed by atoms with van der Waals surface area (Å²) < 4.78 is 0. The molecular formula is C17H19N3S. The molecule has 1 saturated carbocycles. The summed E-state index contributed by atoms with van der Waals surface area (Å²) in [6.07, 6.45) is 5.15. The molecule has 0 radical (unpaired) electrons. The van der Waals surface area contributed by atoms with Crippen LogP contribution in [0.3, 0.4) is 0 Å². The molecule has 21 heavy (non-hydrogen) atoms. The summed E-state index contributed by atoms with van der Waals surface area (Å²) in [6, 6.07) is 10.5. The van der Waals surface area contributed by atoms with Gasteiger partial charge in [0.1, 0.15) is 0 Å². The van der Waals surface area contributed by atoms with Crippen LogP contribution in [0.25, 0.3) is 10.9 Å². The molecule has 108 valence electrons. The Kier molecular flexibility index (Phi) is 3.14. The summed E-state index contributed by atoms with van der Waals surface area (Å²) in [5.41, 5.74) is 3.37. The van der Waals surface area contributed by atoms with Gasteiger partial charge in [0, 0.05) is 16.8 Å². The number of nitrogens with zero attached hydrogens (tertiary/aromatic N) is 2. The minimum atomic E-state index is 0.223. The first kappa shape index (κ1) is 13.1. The minimum absolute atomic E-state index is 0.223. The predicted octanol–water partition coefficient (Wildman–Crippen LogP) is 4.37. The molecule has 0 unspecified atom stereocenters. The number of anilines is 1. The highest BCUT2D eigenvalue weighted by Gasteiger charge is 2.38. The monoisotopic (exact) mass is 297 g/mol. The van der Waals surface area contributed by atoms with Crippen molar-refractivity contribution in [2.45, 2.75) is 38.1 Å². The van der Waals surface area contributed by atoms with Crippen molar-refractivity contribution in [3.8, 4) is 0 Å². The number of hydrogen-bond donors (Lipinski definition) is 1. The molecule has 1 fully saturated rings. The maximum Gasteiger partial charge on any atom is 0.161 e. The fraction of sp³-hybridized carbons (Fsp3) is 0.412. The first-order chi connectivity index (χ1) is 10.2. The number of aromatic nitrogens is 1. The SMILES string of the molecule is Cc1ccc2cccc(NC3=NC4(CCCC4)CS3)c2n1. The lowest BCUT2D eigenvalue weighted by molar-refractivity contribution is 0.508. The lowest BCUT2D eigenvalue weighted by atomic mass is 10.0. The number of fused-ring (bicyclic) bond motifs is 1. The molecule has 2 aliphatic rings. The van der Waals surface area contributed by atoms with E-state index < -0.39 is 0 Å². The van der Waals surface area contributed by atoms with E-state index in [0.717, 1.165) is 27.8 Å². The maximum absolute atomic E-state index is 4.98. The lowest BCUT2D eigenvalue weighted by Gasteiger charge is -2.16. The van der Waals surface area contributed by atoms with Gasteiger partial charge in [0.25, 0.3) is 0 Å². The second-order valence-electron chi connectivity index (χ2n) is 6.09. The summed E-state index contributed by atoms with van der Waals surface area (Å²) in [5, 5.41) is 5.75. The van der Waals surface area contributed by atoms with Gasteiger partial charge in [-0.2, -0.15) is 0 Å². The van der Waals surface area contributed by atoms with Crippen LogP contribution in [0.4, 0.5) is 5.69 Å². The van der Waals surface area contributed by atoms with E-state index in [1.165, 1.54) is 31.1 Å². The van der Waals surface area contributed by atoms with Crippen molar-refractivity contribution in [3.63, 3.8) is 0 Å². The third kappa shape index (κ3) is 2.42. The van der Waals surface area contributed by atoms with Crippen LogP contribution < -0.4 is 5.32 Å². The van der Waals surface area contributed by atoms with E-state index in [-0.39, 0.29) is 5.54 Å². The molecule has 1 aromatic carbocycles. The fourth-order valence-corrected chi connectivity index (χ4v) is 4.50. The second kappa shape index (κ2) is 5.02. The normalized spacial score (nSPS) is 20.1. The molecule has 4 heteroatoms. The molecule has 1 N–H and O–H groups in total. The summed E-state index contributed by atoms with van der Waals surface area (Å²) >= 11 is 1.86. The van der Waals surface area contributed by atoms with Gasteiger partial charge in [-0.25, -0.2) is 0 Å². The third-order valence-corrected chi connectivity index (χ3v) is 5.60. The Morgan fingerprint density at radius 2 is 2.00 bits per heavy atom. The molecule has 1 aliphatic heterocycles. The minimum Gasteiger partial charge on any atom is -0.333 e. The van der Waals surface area contributed by atoms with Crippen LogP contribution in [-0.4, -0.2) is 21.4 Å².